The lowest BCUT2D eigenvalue weighted by Crippen LogP contribution is -2.31. The van der Waals surface area contributed by atoms with Crippen molar-refractivity contribution in [2.75, 3.05) is 25.2 Å². The maximum absolute atomic E-state index is 6.22. The molecule has 0 aromatic carbocycles. The van der Waals surface area contributed by atoms with Crippen LogP contribution in [0.15, 0.2) is 42.9 Å². The van der Waals surface area contributed by atoms with Gasteiger partial charge in [0.2, 0.25) is 5.88 Å². The summed E-state index contributed by atoms with van der Waals surface area (Å²) in [6.07, 6.45) is 7.52. The lowest BCUT2D eigenvalue weighted by molar-refractivity contribution is 0.284. The summed E-state index contributed by atoms with van der Waals surface area (Å²) in [5.41, 5.74) is 4.48. The Balaban J connectivity index is 1.27. The van der Waals surface area contributed by atoms with Gasteiger partial charge in [0.25, 0.3) is 0 Å². The lowest BCUT2D eigenvalue weighted by atomic mass is 10.1. The Morgan fingerprint density at radius 2 is 2.07 bits per heavy atom. The van der Waals surface area contributed by atoms with E-state index < -0.39 is 0 Å². The zero-order valence-electron chi connectivity index (χ0n) is 17.3. The van der Waals surface area contributed by atoms with E-state index in [0.29, 0.717) is 24.3 Å². The van der Waals surface area contributed by atoms with Gasteiger partial charge in [-0.1, -0.05) is 6.07 Å². The van der Waals surface area contributed by atoms with Crippen LogP contribution in [0.25, 0.3) is 0 Å². The molecule has 3 aromatic rings. The smallest absolute Gasteiger partial charge is 0.240 e. The van der Waals surface area contributed by atoms with Crippen LogP contribution < -0.4 is 14.4 Å². The molecular formula is C23H25N5O2. The van der Waals surface area contributed by atoms with Crippen molar-refractivity contribution in [2.45, 2.75) is 32.2 Å². The van der Waals surface area contributed by atoms with Crippen LogP contribution in [0.2, 0.25) is 0 Å². The Kier molecular flexibility index (Phi) is 4.94. The van der Waals surface area contributed by atoms with Crippen LogP contribution in [0.1, 0.15) is 35.1 Å². The third-order valence-corrected chi connectivity index (χ3v) is 5.89. The van der Waals surface area contributed by atoms with Crippen LogP contribution >= 0.6 is 0 Å². The van der Waals surface area contributed by atoms with Crippen LogP contribution in [0.3, 0.4) is 0 Å². The number of hydrogen-bond acceptors (Lipinski definition) is 7. The van der Waals surface area contributed by atoms with Crippen molar-refractivity contribution in [2.24, 2.45) is 5.92 Å². The van der Waals surface area contributed by atoms with Crippen molar-refractivity contribution >= 4 is 5.69 Å². The number of anilines is 1. The van der Waals surface area contributed by atoms with Crippen LogP contribution in [-0.4, -0.2) is 40.2 Å². The minimum atomic E-state index is 0.440. The monoisotopic (exact) mass is 403 g/mol. The summed E-state index contributed by atoms with van der Waals surface area (Å²) in [6, 6.07) is 8.14. The second-order valence-electron chi connectivity index (χ2n) is 7.92. The van der Waals surface area contributed by atoms with Gasteiger partial charge in [-0.15, -0.1) is 0 Å². The summed E-state index contributed by atoms with van der Waals surface area (Å²) in [5.74, 6) is 3.07. The fourth-order valence-electron chi connectivity index (χ4n) is 4.05. The second-order valence-corrected chi connectivity index (χ2v) is 7.92. The van der Waals surface area contributed by atoms with Gasteiger partial charge in [-0.3, -0.25) is 9.97 Å². The van der Waals surface area contributed by atoms with E-state index in [1.54, 1.807) is 13.3 Å². The first-order valence-corrected chi connectivity index (χ1v) is 10.4. The lowest BCUT2D eigenvalue weighted by Gasteiger charge is -2.30. The van der Waals surface area contributed by atoms with Crippen LogP contribution in [0, 0.1) is 12.8 Å². The Hall–Kier alpha value is -3.22. The Bertz CT molecular complexity index is 1040. The Labute approximate surface area is 176 Å². The summed E-state index contributed by atoms with van der Waals surface area (Å²) < 4.78 is 11.4. The first kappa shape index (κ1) is 18.8. The number of aromatic nitrogens is 4. The predicted octanol–water partition coefficient (Wildman–Crippen LogP) is 3.33. The molecule has 2 atom stereocenters. The van der Waals surface area contributed by atoms with Gasteiger partial charge in [0, 0.05) is 48.9 Å². The largest absolute Gasteiger partial charge is 0.495 e. The van der Waals surface area contributed by atoms with E-state index >= 15 is 0 Å². The molecule has 3 aromatic heterocycles. The highest BCUT2D eigenvalue weighted by molar-refractivity contribution is 5.55. The minimum Gasteiger partial charge on any atom is -0.495 e. The molecule has 0 bridgehead atoms. The summed E-state index contributed by atoms with van der Waals surface area (Å²) in [7, 11) is 1.66. The van der Waals surface area contributed by atoms with Gasteiger partial charge in [0.1, 0.15) is 17.3 Å². The van der Waals surface area contributed by atoms with Gasteiger partial charge < -0.3 is 14.4 Å². The van der Waals surface area contributed by atoms with Crippen molar-refractivity contribution < 1.29 is 9.47 Å². The van der Waals surface area contributed by atoms with Gasteiger partial charge in [0.05, 0.1) is 26.1 Å². The first-order chi connectivity index (χ1) is 14.7. The number of methoxy groups -OCH3 is 1. The quantitative estimate of drug-likeness (QED) is 0.625. The zero-order chi connectivity index (χ0) is 20.5. The minimum absolute atomic E-state index is 0.440. The van der Waals surface area contributed by atoms with E-state index in [-0.39, 0.29) is 0 Å². The highest BCUT2D eigenvalue weighted by atomic mass is 16.5. The van der Waals surface area contributed by atoms with E-state index in [4.69, 9.17) is 9.47 Å². The first-order valence-electron chi connectivity index (χ1n) is 10.4. The molecule has 7 nitrogen and oxygen atoms in total. The molecule has 1 fully saturated rings. The third-order valence-electron chi connectivity index (χ3n) is 5.89. The SMILES string of the molecule is COc1ccc([C@H]2C[C@@H]2COc2nc(C)ncc2N2CCc3ncccc3C2)nc1. The summed E-state index contributed by atoms with van der Waals surface area (Å²) >= 11 is 0. The van der Waals surface area contributed by atoms with E-state index in [1.165, 1.54) is 11.3 Å². The molecule has 2 aliphatic rings. The summed E-state index contributed by atoms with van der Waals surface area (Å²) in [6.45, 7) is 4.21. The summed E-state index contributed by atoms with van der Waals surface area (Å²) in [4.78, 5) is 20.3. The number of nitrogens with zero attached hydrogens (tertiary/aromatic N) is 5. The molecule has 0 saturated heterocycles. The maximum atomic E-state index is 6.22. The number of ether oxygens (including phenoxy) is 2. The molecule has 7 heteroatoms. The molecule has 4 heterocycles. The number of hydrogen-bond donors (Lipinski definition) is 0. The molecule has 1 aliphatic carbocycles. The zero-order valence-corrected chi connectivity index (χ0v) is 17.3. The van der Waals surface area contributed by atoms with Gasteiger partial charge in [0.15, 0.2) is 0 Å². The van der Waals surface area contributed by atoms with Crippen molar-refractivity contribution in [1.82, 2.24) is 19.9 Å². The van der Waals surface area contributed by atoms with Crippen molar-refractivity contribution in [3.8, 4) is 11.6 Å². The molecule has 0 amide bonds. The second kappa shape index (κ2) is 7.89. The Morgan fingerprint density at radius 3 is 2.90 bits per heavy atom. The van der Waals surface area contributed by atoms with Gasteiger partial charge >= 0.3 is 0 Å². The van der Waals surface area contributed by atoms with Crippen molar-refractivity contribution in [3.05, 3.63) is 65.6 Å². The fraction of sp³-hybridized carbons (Fsp3) is 0.391. The average Bonchev–Trinajstić information content (AvgIpc) is 3.57. The molecule has 0 spiro atoms. The molecule has 1 saturated carbocycles. The van der Waals surface area contributed by atoms with E-state index in [9.17, 15) is 0 Å². The Morgan fingerprint density at radius 1 is 1.13 bits per heavy atom. The predicted molar refractivity (Wildman–Crippen MR) is 113 cm³/mol. The molecule has 0 unspecified atom stereocenters. The van der Waals surface area contributed by atoms with Crippen LogP contribution in [0.5, 0.6) is 11.6 Å². The molecule has 0 radical (unpaired) electrons. The van der Waals surface area contributed by atoms with Crippen LogP contribution in [0.4, 0.5) is 5.69 Å². The van der Waals surface area contributed by atoms with E-state index in [2.05, 4.69) is 30.9 Å². The highest BCUT2D eigenvalue weighted by Crippen LogP contribution is 2.47. The average molecular weight is 403 g/mol. The normalized spacial score (nSPS) is 19.9. The third kappa shape index (κ3) is 3.79. The summed E-state index contributed by atoms with van der Waals surface area (Å²) in [5, 5.41) is 0. The molecular weight excluding hydrogens is 378 g/mol. The number of fused-ring (bicyclic) bond motifs is 1. The van der Waals surface area contributed by atoms with Gasteiger partial charge in [-0.05, 0) is 37.1 Å². The number of rotatable bonds is 6. The van der Waals surface area contributed by atoms with E-state index in [0.717, 1.165) is 48.9 Å². The van der Waals surface area contributed by atoms with Crippen LogP contribution in [-0.2, 0) is 13.0 Å². The fourth-order valence-corrected chi connectivity index (χ4v) is 4.05. The highest BCUT2D eigenvalue weighted by Gasteiger charge is 2.40. The molecule has 30 heavy (non-hydrogen) atoms. The number of pyridine rings is 2. The van der Waals surface area contributed by atoms with Gasteiger partial charge in [-0.25, -0.2) is 4.98 Å². The van der Waals surface area contributed by atoms with Crippen molar-refractivity contribution in [1.29, 1.82) is 0 Å². The maximum Gasteiger partial charge on any atom is 0.240 e. The van der Waals surface area contributed by atoms with Gasteiger partial charge in [-0.2, -0.15) is 4.98 Å². The van der Waals surface area contributed by atoms with E-state index in [1.807, 2.05) is 37.5 Å². The molecule has 1 aliphatic heterocycles. The molecule has 5 rings (SSSR count). The van der Waals surface area contributed by atoms with Crippen molar-refractivity contribution in [3.63, 3.8) is 0 Å². The number of aryl methyl sites for hydroxylation is 1. The molecule has 0 N–H and O–H groups in total. The molecule has 154 valence electrons. The standard InChI is InChI=1S/C23H25N5O2/c1-15-25-12-22(28-9-7-20-16(13-28)4-3-8-24-20)23(27-15)30-14-17-10-19(17)21-6-5-18(29-2)11-26-21/h3-6,8,11-12,17,19H,7,9-10,13-14H2,1-2H3/t17-,19+/m1/s1. The topological polar surface area (TPSA) is 73.3 Å².